The molecule has 27 heavy (non-hydrogen) atoms. The van der Waals surface area contributed by atoms with Gasteiger partial charge in [0.15, 0.2) is 24.7 Å². The van der Waals surface area contributed by atoms with Crippen LogP contribution in [0.15, 0.2) is 42.5 Å². The van der Waals surface area contributed by atoms with Crippen LogP contribution in [0.2, 0.25) is 0 Å². The minimum absolute atomic E-state index is 0.310. The van der Waals surface area contributed by atoms with Crippen LogP contribution in [0, 0.1) is 0 Å². The molecular formula is C19H21NO7. The molecule has 0 aromatic heterocycles. The molecule has 0 heterocycles. The summed E-state index contributed by atoms with van der Waals surface area (Å²) in [5.74, 6) is 1.03. The van der Waals surface area contributed by atoms with Crippen LogP contribution in [-0.2, 0) is 14.3 Å². The molecule has 0 spiro atoms. The molecule has 2 aromatic rings. The van der Waals surface area contributed by atoms with Gasteiger partial charge in [-0.05, 0) is 36.4 Å². The topological polar surface area (TPSA) is 92.3 Å². The van der Waals surface area contributed by atoms with E-state index in [4.69, 9.17) is 23.7 Å². The van der Waals surface area contributed by atoms with Crippen molar-refractivity contribution in [3.8, 4) is 23.0 Å². The second-order valence-electron chi connectivity index (χ2n) is 5.24. The third-order valence-electron chi connectivity index (χ3n) is 3.45. The van der Waals surface area contributed by atoms with Crippen LogP contribution in [0.1, 0.15) is 0 Å². The Kier molecular flexibility index (Phi) is 7.30. The molecule has 0 aliphatic heterocycles. The van der Waals surface area contributed by atoms with Crippen LogP contribution in [0.4, 0.5) is 5.69 Å². The van der Waals surface area contributed by atoms with Gasteiger partial charge in [0.25, 0.3) is 5.91 Å². The monoisotopic (exact) mass is 375 g/mol. The van der Waals surface area contributed by atoms with Gasteiger partial charge in [-0.2, -0.15) is 0 Å². The molecule has 2 rings (SSSR count). The van der Waals surface area contributed by atoms with Crippen LogP contribution in [0.3, 0.4) is 0 Å². The van der Waals surface area contributed by atoms with E-state index in [0.29, 0.717) is 28.7 Å². The summed E-state index contributed by atoms with van der Waals surface area (Å²) in [5.41, 5.74) is 0.489. The van der Waals surface area contributed by atoms with Crippen molar-refractivity contribution in [2.24, 2.45) is 0 Å². The molecule has 0 saturated heterocycles. The molecule has 0 bridgehead atoms. The van der Waals surface area contributed by atoms with E-state index in [1.807, 2.05) is 0 Å². The molecule has 8 heteroatoms. The predicted molar refractivity (Wildman–Crippen MR) is 97.6 cm³/mol. The molecule has 0 atom stereocenters. The molecule has 1 amide bonds. The number of anilines is 1. The molecule has 1 N–H and O–H groups in total. The third-order valence-corrected chi connectivity index (χ3v) is 3.45. The van der Waals surface area contributed by atoms with Crippen molar-refractivity contribution in [2.75, 3.05) is 39.9 Å². The molecular weight excluding hydrogens is 354 g/mol. The lowest BCUT2D eigenvalue weighted by Crippen LogP contribution is -2.23. The molecule has 0 radical (unpaired) electrons. The fourth-order valence-electron chi connectivity index (χ4n) is 2.11. The quantitative estimate of drug-likeness (QED) is 0.672. The van der Waals surface area contributed by atoms with E-state index < -0.39 is 18.5 Å². The van der Waals surface area contributed by atoms with E-state index >= 15 is 0 Å². The number of benzene rings is 2. The first-order valence-corrected chi connectivity index (χ1v) is 8.00. The van der Waals surface area contributed by atoms with Gasteiger partial charge >= 0.3 is 5.97 Å². The van der Waals surface area contributed by atoms with E-state index in [-0.39, 0.29) is 6.61 Å². The Labute approximate surface area is 156 Å². The van der Waals surface area contributed by atoms with Crippen molar-refractivity contribution in [2.45, 2.75) is 0 Å². The zero-order chi connectivity index (χ0) is 19.6. The molecule has 0 unspecified atom stereocenters. The Morgan fingerprint density at radius 3 is 2.11 bits per heavy atom. The molecule has 0 aliphatic rings. The van der Waals surface area contributed by atoms with Crippen molar-refractivity contribution in [1.82, 2.24) is 0 Å². The predicted octanol–water partition coefficient (Wildman–Crippen LogP) is 2.27. The van der Waals surface area contributed by atoms with Crippen LogP contribution < -0.4 is 24.3 Å². The number of rotatable bonds is 9. The van der Waals surface area contributed by atoms with Gasteiger partial charge in [0.1, 0.15) is 11.5 Å². The van der Waals surface area contributed by atoms with E-state index in [2.05, 4.69) is 5.32 Å². The summed E-state index contributed by atoms with van der Waals surface area (Å²) in [4.78, 5) is 23.6. The highest BCUT2D eigenvalue weighted by atomic mass is 16.6. The molecule has 0 fully saturated rings. The Morgan fingerprint density at radius 1 is 0.815 bits per heavy atom. The summed E-state index contributed by atoms with van der Waals surface area (Å²) in [5, 5.41) is 2.60. The minimum atomic E-state index is -0.659. The van der Waals surface area contributed by atoms with Gasteiger partial charge in [-0.25, -0.2) is 4.79 Å². The van der Waals surface area contributed by atoms with Gasteiger partial charge in [0.05, 0.1) is 21.3 Å². The number of carbonyl (C=O) groups excluding carboxylic acids is 2. The fraction of sp³-hybridized carbons (Fsp3) is 0.263. The minimum Gasteiger partial charge on any atom is -0.497 e. The van der Waals surface area contributed by atoms with E-state index in [9.17, 15) is 9.59 Å². The van der Waals surface area contributed by atoms with Gasteiger partial charge in [0, 0.05) is 11.8 Å². The number of ether oxygens (including phenoxy) is 5. The normalized spacial score (nSPS) is 9.89. The second kappa shape index (κ2) is 9.91. The van der Waals surface area contributed by atoms with Crippen molar-refractivity contribution in [3.63, 3.8) is 0 Å². The van der Waals surface area contributed by atoms with E-state index in [1.165, 1.54) is 14.2 Å². The average Bonchev–Trinajstić information content (AvgIpc) is 2.70. The van der Waals surface area contributed by atoms with Gasteiger partial charge in [-0.15, -0.1) is 0 Å². The lowest BCUT2D eigenvalue weighted by atomic mass is 10.2. The van der Waals surface area contributed by atoms with Crippen LogP contribution in [-0.4, -0.2) is 46.4 Å². The first-order valence-electron chi connectivity index (χ1n) is 8.00. The maximum absolute atomic E-state index is 11.9. The summed E-state index contributed by atoms with van der Waals surface area (Å²) in [6, 6.07) is 11.6. The first kappa shape index (κ1) is 19.9. The second-order valence-corrected chi connectivity index (χ2v) is 5.24. The molecule has 0 saturated carbocycles. The van der Waals surface area contributed by atoms with Gasteiger partial charge in [-0.1, -0.05) is 0 Å². The van der Waals surface area contributed by atoms with Gasteiger partial charge in [0.2, 0.25) is 0 Å². The maximum atomic E-state index is 11.9. The summed E-state index contributed by atoms with van der Waals surface area (Å²) >= 11 is 0. The number of nitrogens with one attached hydrogen (secondary N) is 1. The van der Waals surface area contributed by atoms with Gasteiger partial charge < -0.3 is 29.0 Å². The number of carbonyl (C=O) groups is 2. The largest absolute Gasteiger partial charge is 0.497 e. The lowest BCUT2D eigenvalue weighted by Gasteiger charge is -2.11. The third kappa shape index (κ3) is 6.10. The highest BCUT2D eigenvalue weighted by Crippen LogP contribution is 2.29. The smallest absolute Gasteiger partial charge is 0.344 e. The SMILES string of the molecule is COc1ccc(OCC(=O)OCC(=O)Nc2ccc(OC)c(OC)c2)cc1. The van der Waals surface area contributed by atoms with E-state index in [0.717, 1.165) is 0 Å². The van der Waals surface area contributed by atoms with Gasteiger partial charge in [-0.3, -0.25) is 4.79 Å². The number of hydrogen-bond acceptors (Lipinski definition) is 7. The Bertz CT molecular complexity index is 774. The molecule has 0 aliphatic carbocycles. The van der Waals surface area contributed by atoms with E-state index in [1.54, 1.807) is 49.6 Å². The summed E-state index contributed by atoms with van der Waals surface area (Å²) in [6.07, 6.45) is 0. The Morgan fingerprint density at radius 2 is 1.48 bits per heavy atom. The molecule has 2 aromatic carbocycles. The fourth-order valence-corrected chi connectivity index (χ4v) is 2.11. The Balaban J connectivity index is 1.76. The molecule has 8 nitrogen and oxygen atoms in total. The van der Waals surface area contributed by atoms with Crippen LogP contribution in [0.5, 0.6) is 23.0 Å². The van der Waals surface area contributed by atoms with Crippen molar-refractivity contribution >= 4 is 17.6 Å². The highest BCUT2D eigenvalue weighted by molar-refractivity contribution is 5.93. The first-order chi connectivity index (χ1) is 13.0. The lowest BCUT2D eigenvalue weighted by molar-refractivity contribution is -0.149. The summed E-state index contributed by atoms with van der Waals surface area (Å²) in [6.45, 7) is -0.741. The van der Waals surface area contributed by atoms with Crippen molar-refractivity contribution in [1.29, 1.82) is 0 Å². The van der Waals surface area contributed by atoms with Crippen molar-refractivity contribution < 1.29 is 33.3 Å². The zero-order valence-corrected chi connectivity index (χ0v) is 15.3. The van der Waals surface area contributed by atoms with Crippen LogP contribution >= 0.6 is 0 Å². The van der Waals surface area contributed by atoms with Crippen LogP contribution in [0.25, 0.3) is 0 Å². The maximum Gasteiger partial charge on any atom is 0.344 e. The molecule has 144 valence electrons. The zero-order valence-electron chi connectivity index (χ0n) is 15.3. The Hall–Kier alpha value is -3.42. The number of esters is 1. The number of amides is 1. The summed E-state index contributed by atoms with van der Waals surface area (Å²) < 4.78 is 25.5. The standard InChI is InChI=1S/C19H21NO7/c1-23-14-5-7-15(8-6-14)26-12-19(22)27-11-18(21)20-13-4-9-16(24-2)17(10-13)25-3/h4-10H,11-12H2,1-3H3,(H,20,21). The van der Waals surface area contributed by atoms with Crippen molar-refractivity contribution in [3.05, 3.63) is 42.5 Å². The number of hydrogen-bond donors (Lipinski definition) is 1. The highest BCUT2D eigenvalue weighted by Gasteiger charge is 2.11. The average molecular weight is 375 g/mol. The summed E-state index contributed by atoms with van der Waals surface area (Å²) in [7, 11) is 4.57. The number of methoxy groups -OCH3 is 3.